The van der Waals surface area contributed by atoms with E-state index in [1.807, 2.05) is 54.6 Å². The number of para-hydroxylation sites is 2. The molecule has 1 saturated heterocycles. The third-order valence-electron chi connectivity index (χ3n) is 4.72. The molecule has 0 spiro atoms. The Morgan fingerprint density at radius 2 is 1.19 bits per heavy atom. The van der Waals surface area contributed by atoms with E-state index in [0.717, 1.165) is 5.56 Å². The molecule has 31 heavy (non-hydrogen) atoms. The Kier molecular flexibility index (Phi) is 6.07. The number of halogens is 1. The molecule has 6 heteroatoms. The van der Waals surface area contributed by atoms with Crippen LogP contribution < -0.4 is 9.80 Å². The van der Waals surface area contributed by atoms with Crippen LogP contribution in [0.1, 0.15) is 5.56 Å². The van der Waals surface area contributed by atoms with Gasteiger partial charge in [0.15, 0.2) is 5.11 Å². The second kappa shape index (κ2) is 9.08. The minimum atomic E-state index is -0.475. The summed E-state index contributed by atoms with van der Waals surface area (Å²) in [4.78, 5) is 29.3. The van der Waals surface area contributed by atoms with Gasteiger partial charge in [-0.25, -0.2) is 0 Å². The molecule has 1 aliphatic heterocycles. The molecular weight excluding hydrogens is 428 g/mol. The van der Waals surface area contributed by atoms with Crippen LogP contribution in [0.4, 0.5) is 11.4 Å². The highest BCUT2D eigenvalue weighted by atomic mass is 35.5. The molecule has 0 radical (unpaired) electrons. The predicted molar refractivity (Wildman–Crippen MR) is 129 cm³/mol. The number of carbonyl (C=O) groups excluding carboxylic acids is 2. The van der Waals surface area contributed by atoms with Crippen LogP contribution in [0.5, 0.6) is 0 Å². The molecule has 0 aliphatic carbocycles. The first kappa shape index (κ1) is 20.7. The van der Waals surface area contributed by atoms with Crippen molar-refractivity contribution in [2.75, 3.05) is 9.80 Å². The van der Waals surface area contributed by atoms with Crippen LogP contribution in [0.15, 0.2) is 103 Å². The molecule has 1 aliphatic rings. The van der Waals surface area contributed by atoms with E-state index >= 15 is 0 Å². The number of benzene rings is 3. The standard InChI is InChI=1S/C25H17ClN2O2S/c26-22-17-8-7-10-18(22)11-9-16-21-23(29)27(19-12-3-1-4-13-19)25(31)28(24(21)30)20-14-5-2-6-15-20/h1-17H. The van der Waals surface area contributed by atoms with Crippen molar-refractivity contribution in [3.8, 4) is 0 Å². The lowest BCUT2D eigenvalue weighted by molar-refractivity contribution is -0.120. The maximum atomic E-state index is 13.3. The minimum Gasteiger partial charge on any atom is -0.268 e. The van der Waals surface area contributed by atoms with Gasteiger partial charge >= 0.3 is 0 Å². The number of anilines is 2. The summed E-state index contributed by atoms with van der Waals surface area (Å²) in [6.45, 7) is 0. The summed E-state index contributed by atoms with van der Waals surface area (Å²) in [7, 11) is 0. The van der Waals surface area contributed by atoms with E-state index in [0.29, 0.717) is 16.4 Å². The van der Waals surface area contributed by atoms with E-state index in [1.54, 1.807) is 42.5 Å². The van der Waals surface area contributed by atoms with Crippen LogP contribution in [0.3, 0.4) is 0 Å². The van der Waals surface area contributed by atoms with Crippen molar-refractivity contribution in [3.63, 3.8) is 0 Å². The fraction of sp³-hybridized carbons (Fsp3) is 0. The molecule has 0 bridgehead atoms. The average molecular weight is 445 g/mol. The summed E-state index contributed by atoms with van der Waals surface area (Å²) in [6.07, 6.45) is 4.90. The van der Waals surface area contributed by atoms with Crippen molar-refractivity contribution in [3.05, 3.63) is 113 Å². The minimum absolute atomic E-state index is 0.00427. The molecule has 152 valence electrons. The maximum Gasteiger partial charge on any atom is 0.270 e. The molecule has 0 aromatic heterocycles. The zero-order valence-corrected chi connectivity index (χ0v) is 17.9. The zero-order chi connectivity index (χ0) is 21.8. The molecule has 0 atom stereocenters. The molecule has 0 unspecified atom stereocenters. The van der Waals surface area contributed by atoms with Crippen molar-refractivity contribution in [1.82, 2.24) is 0 Å². The van der Waals surface area contributed by atoms with Crippen LogP contribution in [0.2, 0.25) is 5.02 Å². The second-order valence-corrected chi connectivity index (χ2v) is 7.47. The monoisotopic (exact) mass is 444 g/mol. The number of allylic oxidation sites excluding steroid dienone is 2. The molecule has 4 rings (SSSR count). The topological polar surface area (TPSA) is 40.6 Å². The molecule has 3 aromatic rings. The highest BCUT2D eigenvalue weighted by Crippen LogP contribution is 2.29. The molecule has 0 N–H and O–H groups in total. The number of amides is 2. The van der Waals surface area contributed by atoms with E-state index in [2.05, 4.69) is 0 Å². The summed E-state index contributed by atoms with van der Waals surface area (Å²) in [5, 5.41) is 0.691. The third-order valence-corrected chi connectivity index (χ3v) is 5.43. The van der Waals surface area contributed by atoms with Gasteiger partial charge in [-0.1, -0.05) is 78.4 Å². The van der Waals surface area contributed by atoms with E-state index in [1.165, 1.54) is 15.9 Å². The molecule has 3 aromatic carbocycles. The Morgan fingerprint density at radius 3 is 1.71 bits per heavy atom. The van der Waals surface area contributed by atoms with Crippen molar-refractivity contribution in [1.29, 1.82) is 0 Å². The summed E-state index contributed by atoms with van der Waals surface area (Å²) >= 11 is 11.8. The largest absolute Gasteiger partial charge is 0.270 e. The Morgan fingerprint density at radius 1 is 0.710 bits per heavy atom. The van der Waals surface area contributed by atoms with E-state index in [4.69, 9.17) is 23.8 Å². The summed E-state index contributed by atoms with van der Waals surface area (Å²) in [5.41, 5.74) is 1.97. The fourth-order valence-corrected chi connectivity index (χ4v) is 3.79. The maximum absolute atomic E-state index is 13.3. The van der Waals surface area contributed by atoms with Crippen molar-refractivity contribution >= 4 is 58.2 Å². The number of rotatable bonds is 4. The van der Waals surface area contributed by atoms with Crippen LogP contribution in [-0.2, 0) is 9.59 Å². The van der Waals surface area contributed by atoms with Crippen molar-refractivity contribution in [2.24, 2.45) is 0 Å². The van der Waals surface area contributed by atoms with E-state index < -0.39 is 11.8 Å². The molecule has 2 amide bonds. The van der Waals surface area contributed by atoms with Gasteiger partial charge in [-0.15, -0.1) is 0 Å². The Hall–Kier alpha value is -3.54. The normalized spacial score (nSPS) is 14.5. The SMILES string of the molecule is O=C1C(=CC=Cc2ccccc2Cl)C(=O)N(c2ccccc2)C(=S)N1c1ccccc1. The molecule has 0 saturated carbocycles. The first-order valence-corrected chi connectivity index (χ1v) is 10.3. The van der Waals surface area contributed by atoms with E-state index in [-0.39, 0.29) is 10.7 Å². The van der Waals surface area contributed by atoms with Gasteiger partial charge in [0.05, 0.1) is 11.4 Å². The van der Waals surface area contributed by atoms with Crippen molar-refractivity contribution in [2.45, 2.75) is 0 Å². The fourth-order valence-electron chi connectivity index (χ4n) is 3.22. The van der Waals surface area contributed by atoms with Crippen LogP contribution in [-0.4, -0.2) is 16.9 Å². The van der Waals surface area contributed by atoms with Gasteiger partial charge in [-0.05, 0) is 54.2 Å². The lowest BCUT2D eigenvalue weighted by Crippen LogP contribution is -2.57. The smallest absolute Gasteiger partial charge is 0.268 e. The predicted octanol–water partition coefficient (Wildman–Crippen LogP) is 5.64. The number of hydrogen-bond donors (Lipinski definition) is 0. The van der Waals surface area contributed by atoms with Gasteiger partial charge in [-0.2, -0.15) is 0 Å². The van der Waals surface area contributed by atoms with Crippen LogP contribution >= 0.6 is 23.8 Å². The van der Waals surface area contributed by atoms with E-state index in [9.17, 15) is 9.59 Å². The highest BCUT2D eigenvalue weighted by molar-refractivity contribution is 7.81. The molecule has 1 heterocycles. The lowest BCUT2D eigenvalue weighted by atomic mass is 10.1. The second-order valence-electron chi connectivity index (χ2n) is 6.70. The third kappa shape index (κ3) is 4.19. The lowest BCUT2D eigenvalue weighted by Gasteiger charge is -2.36. The van der Waals surface area contributed by atoms with Crippen molar-refractivity contribution < 1.29 is 9.59 Å². The summed E-state index contributed by atoms with van der Waals surface area (Å²) in [5.74, 6) is -0.950. The average Bonchev–Trinajstić information content (AvgIpc) is 2.79. The Bertz CT molecular complexity index is 1140. The van der Waals surface area contributed by atoms with Gasteiger partial charge in [0, 0.05) is 5.02 Å². The number of nitrogens with zero attached hydrogens (tertiary/aromatic N) is 2. The van der Waals surface area contributed by atoms with Gasteiger partial charge < -0.3 is 0 Å². The highest BCUT2D eigenvalue weighted by Gasteiger charge is 2.40. The number of thiocarbonyl (C=S) groups is 1. The zero-order valence-electron chi connectivity index (χ0n) is 16.3. The first-order valence-electron chi connectivity index (χ1n) is 9.54. The first-order chi connectivity index (χ1) is 15.1. The van der Waals surface area contributed by atoms with Gasteiger partial charge in [0.2, 0.25) is 0 Å². The van der Waals surface area contributed by atoms with Gasteiger partial charge in [-0.3, -0.25) is 19.4 Å². The van der Waals surface area contributed by atoms with Crippen LogP contribution in [0.25, 0.3) is 6.08 Å². The molecule has 4 nitrogen and oxygen atoms in total. The Labute approximate surface area is 190 Å². The molecular formula is C25H17ClN2O2S. The quantitative estimate of drug-likeness (QED) is 0.297. The number of hydrogen-bond acceptors (Lipinski definition) is 3. The number of carbonyl (C=O) groups is 2. The molecule has 1 fully saturated rings. The Balaban J connectivity index is 1.78. The summed E-state index contributed by atoms with van der Waals surface area (Å²) in [6, 6.07) is 25.4. The van der Waals surface area contributed by atoms with Gasteiger partial charge in [0.25, 0.3) is 11.8 Å². The van der Waals surface area contributed by atoms with Crippen LogP contribution in [0, 0.1) is 0 Å². The van der Waals surface area contributed by atoms with Gasteiger partial charge in [0.1, 0.15) is 5.57 Å². The summed E-state index contributed by atoms with van der Waals surface area (Å²) < 4.78 is 0.